The van der Waals surface area contributed by atoms with E-state index in [2.05, 4.69) is 27.5 Å². The molecule has 2 rings (SSSR count). The van der Waals surface area contributed by atoms with Crippen molar-refractivity contribution in [2.75, 3.05) is 26.7 Å². The van der Waals surface area contributed by atoms with Gasteiger partial charge in [0.1, 0.15) is 11.9 Å². The minimum Gasteiger partial charge on any atom is -0.375 e. The van der Waals surface area contributed by atoms with Gasteiger partial charge in [-0.05, 0) is 31.5 Å². The molecule has 0 saturated heterocycles. The molecule has 0 aliphatic carbocycles. The van der Waals surface area contributed by atoms with Crippen LogP contribution < -0.4 is 10.6 Å². The summed E-state index contributed by atoms with van der Waals surface area (Å²) >= 11 is 1.71. The summed E-state index contributed by atoms with van der Waals surface area (Å²) in [6.07, 6.45) is 2.54. The third-order valence-electron chi connectivity index (χ3n) is 3.59. The normalized spacial score (nSPS) is 12.9. The number of guanidine groups is 1. The second-order valence-electron chi connectivity index (χ2n) is 5.54. The summed E-state index contributed by atoms with van der Waals surface area (Å²) in [7, 11) is 1.63. The van der Waals surface area contributed by atoms with Crippen molar-refractivity contribution in [3.05, 3.63) is 51.7 Å². The van der Waals surface area contributed by atoms with Crippen molar-refractivity contribution in [2.24, 2.45) is 4.99 Å². The van der Waals surface area contributed by atoms with E-state index >= 15 is 0 Å². The summed E-state index contributed by atoms with van der Waals surface area (Å²) in [5, 5.41) is 7.64. The van der Waals surface area contributed by atoms with Crippen LogP contribution in [0.3, 0.4) is 0 Å². The molecule has 2 N–H and O–H groups in total. The fourth-order valence-electron chi connectivity index (χ4n) is 2.31. The van der Waals surface area contributed by atoms with E-state index in [0.717, 1.165) is 36.0 Å². The summed E-state index contributed by atoms with van der Waals surface area (Å²) in [6, 6.07) is 6.32. The van der Waals surface area contributed by atoms with Crippen molar-refractivity contribution in [3.8, 4) is 0 Å². The molecular formula is C18H25FN4OS. The maximum absolute atomic E-state index is 13.1. The van der Waals surface area contributed by atoms with E-state index in [1.165, 1.54) is 17.0 Å². The Labute approximate surface area is 152 Å². The van der Waals surface area contributed by atoms with Crippen molar-refractivity contribution in [1.82, 2.24) is 15.6 Å². The van der Waals surface area contributed by atoms with E-state index in [-0.39, 0.29) is 11.9 Å². The molecule has 0 spiro atoms. The largest absolute Gasteiger partial charge is 0.375 e. The number of ether oxygens (including phenoxy) is 1. The highest BCUT2D eigenvalue weighted by Crippen LogP contribution is 2.17. The Bertz CT molecular complexity index is 672. The summed E-state index contributed by atoms with van der Waals surface area (Å²) in [5.74, 6) is 0.481. The van der Waals surface area contributed by atoms with E-state index in [4.69, 9.17) is 4.74 Å². The fraction of sp³-hybridized carbons (Fsp3) is 0.444. The number of aryl methyl sites for hydroxylation is 1. The molecule has 5 nitrogen and oxygen atoms in total. The lowest BCUT2D eigenvalue weighted by molar-refractivity contribution is 0.111. The van der Waals surface area contributed by atoms with Crippen LogP contribution in [0.2, 0.25) is 0 Å². The van der Waals surface area contributed by atoms with Crippen LogP contribution in [-0.2, 0) is 11.2 Å². The van der Waals surface area contributed by atoms with Gasteiger partial charge in [-0.2, -0.15) is 0 Å². The molecule has 25 heavy (non-hydrogen) atoms. The lowest BCUT2D eigenvalue weighted by Crippen LogP contribution is -2.38. The number of aromatic nitrogens is 1. The third-order valence-corrected chi connectivity index (χ3v) is 4.56. The van der Waals surface area contributed by atoms with Gasteiger partial charge in [-0.15, -0.1) is 11.3 Å². The van der Waals surface area contributed by atoms with Gasteiger partial charge in [-0.25, -0.2) is 9.37 Å². The van der Waals surface area contributed by atoms with E-state index in [0.29, 0.717) is 6.54 Å². The molecule has 0 aliphatic rings. The van der Waals surface area contributed by atoms with Crippen LogP contribution in [0.1, 0.15) is 28.5 Å². The van der Waals surface area contributed by atoms with Gasteiger partial charge in [0.25, 0.3) is 0 Å². The van der Waals surface area contributed by atoms with Crippen molar-refractivity contribution < 1.29 is 9.13 Å². The van der Waals surface area contributed by atoms with Gasteiger partial charge in [0.2, 0.25) is 0 Å². The molecule has 0 radical (unpaired) electrons. The third kappa shape index (κ3) is 6.43. The second-order valence-corrected chi connectivity index (χ2v) is 6.86. The molecule has 2 aromatic rings. The SMILES string of the molecule is CCNC(=NCC(OC)c1ccc(F)cc1)NCCc1ncc(C)s1. The van der Waals surface area contributed by atoms with Gasteiger partial charge < -0.3 is 15.4 Å². The van der Waals surface area contributed by atoms with E-state index < -0.39 is 0 Å². The van der Waals surface area contributed by atoms with Crippen molar-refractivity contribution in [3.63, 3.8) is 0 Å². The molecule has 1 unspecified atom stereocenters. The second kappa shape index (κ2) is 10.1. The van der Waals surface area contributed by atoms with Crippen LogP contribution in [0.5, 0.6) is 0 Å². The Morgan fingerprint density at radius 1 is 1.32 bits per heavy atom. The maximum atomic E-state index is 13.1. The molecule has 1 atom stereocenters. The first-order valence-electron chi connectivity index (χ1n) is 8.34. The molecule has 0 aliphatic heterocycles. The molecule has 136 valence electrons. The first-order valence-corrected chi connectivity index (χ1v) is 9.15. The highest BCUT2D eigenvalue weighted by atomic mass is 32.1. The van der Waals surface area contributed by atoms with Crippen LogP contribution in [0.25, 0.3) is 0 Å². The number of hydrogen-bond acceptors (Lipinski definition) is 4. The van der Waals surface area contributed by atoms with E-state index in [1.54, 1.807) is 30.6 Å². The summed E-state index contributed by atoms with van der Waals surface area (Å²) in [5.41, 5.74) is 0.904. The number of thiazole rings is 1. The number of hydrogen-bond donors (Lipinski definition) is 2. The van der Waals surface area contributed by atoms with Crippen molar-refractivity contribution in [2.45, 2.75) is 26.4 Å². The van der Waals surface area contributed by atoms with Gasteiger partial charge in [-0.1, -0.05) is 12.1 Å². The Balaban J connectivity index is 1.91. The Morgan fingerprint density at radius 3 is 2.68 bits per heavy atom. The first kappa shape index (κ1) is 19.3. The van der Waals surface area contributed by atoms with E-state index in [9.17, 15) is 4.39 Å². The zero-order chi connectivity index (χ0) is 18.1. The lowest BCUT2D eigenvalue weighted by atomic mass is 10.1. The zero-order valence-corrected chi connectivity index (χ0v) is 15.7. The Kier molecular flexibility index (Phi) is 7.81. The Hall–Kier alpha value is -1.99. The van der Waals surface area contributed by atoms with Gasteiger partial charge in [-0.3, -0.25) is 4.99 Å². The Morgan fingerprint density at radius 2 is 2.08 bits per heavy atom. The number of nitrogens with one attached hydrogen (secondary N) is 2. The number of aliphatic imine (C=N–C) groups is 1. The average molecular weight is 364 g/mol. The standard InChI is InChI=1S/C18H25FN4OS/c1-4-20-18(21-10-9-17-22-11-13(2)25-17)23-12-16(24-3)14-5-7-15(19)8-6-14/h5-8,11,16H,4,9-10,12H2,1-3H3,(H2,20,21,23). The average Bonchev–Trinajstić information content (AvgIpc) is 3.02. The zero-order valence-electron chi connectivity index (χ0n) is 14.9. The summed E-state index contributed by atoms with van der Waals surface area (Å²) in [4.78, 5) is 10.2. The topological polar surface area (TPSA) is 58.5 Å². The predicted molar refractivity (Wildman–Crippen MR) is 101 cm³/mol. The summed E-state index contributed by atoms with van der Waals surface area (Å²) in [6.45, 7) is 6.06. The minimum absolute atomic E-state index is 0.210. The van der Waals surface area contributed by atoms with Crippen LogP contribution in [-0.4, -0.2) is 37.7 Å². The maximum Gasteiger partial charge on any atom is 0.191 e. The van der Waals surface area contributed by atoms with Gasteiger partial charge in [0.15, 0.2) is 5.96 Å². The monoisotopic (exact) mass is 364 g/mol. The van der Waals surface area contributed by atoms with Crippen LogP contribution in [0.15, 0.2) is 35.5 Å². The molecule has 1 aromatic carbocycles. The molecular weight excluding hydrogens is 339 g/mol. The number of methoxy groups -OCH3 is 1. The molecule has 1 heterocycles. The van der Waals surface area contributed by atoms with Gasteiger partial charge >= 0.3 is 0 Å². The lowest BCUT2D eigenvalue weighted by Gasteiger charge is -2.16. The minimum atomic E-state index is -0.255. The fourth-order valence-corrected chi connectivity index (χ4v) is 3.10. The van der Waals surface area contributed by atoms with Gasteiger partial charge in [0.05, 0.1) is 11.6 Å². The summed E-state index contributed by atoms with van der Waals surface area (Å²) < 4.78 is 18.5. The van der Waals surface area contributed by atoms with Crippen molar-refractivity contribution in [1.29, 1.82) is 0 Å². The molecule has 0 bridgehead atoms. The van der Waals surface area contributed by atoms with Crippen LogP contribution >= 0.6 is 11.3 Å². The smallest absolute Gasteiger partial charge is 0.191 e. The number of nitrogens with zero attached hydrogens (tertiary/aromatic N) is 2. The van der Waals surface area contributed by atoms with Crippen molar-refractivity contribution >= 4 is 17.3 Å². The van der Waals surface area contributed by atoms with Crippen LogP contribution in [0, 0.1) is 12.7 Å². The highest BCUT2D eigenvalue weighted by Gasteiger charge is 2.10. The van der Waals surface area contributed by atoms with E-state index in [1.807, 2.05) is 13.1 Å². The first-order chi connectivity index (χ1) is 12.1. The number of rotatable bonds is 8. The molecule has 0 saturated carbocycles. The number of halogens is 1. The molecule has 0 amide bonds. The highest BCUT2D eigenvalue weighted by molar-refractivity contribution is 7.11. The predicted octanol–water partition coefficient (Wildman–Crippen LogP) is 3.08. The molecule has 0 fully saturated rings. The molecule has 7 heteroatoms. The quantitative estimate of drug-likeness (QED) is 0.558. The molecule has 1 aromatic heterocycles. The number of benzene rings is 1. The van der Waals surface area contributed by atoms with Gasteiger partial charge in [0, 0.05) is 37.7 Å². The van der Waals surface area contributed by atoms with Crippen LogP contribution in [0.4, 0.5) is 4.39 Å².